The van der Waals surface area contributed by atoms with E-state index in [4.69, 9.17) is 5.73 Å². The zero-order chi connectivity index (χ0) is 14.6. The van der Waals surface area contributed by atoms with Gasteiger partial charge in [-0.25, -0.2) is 0 Å². The van der Waals surface area contributed by atoms with Gasteiger partial charge in [-0.2, -0.15) is 0 Å². The molecule has 0 aliphatic heterocycles. The van der Waals surface area contributed by atoms with E-state index in [2.05, 4.69) is 23.9 Å². The van der Waals surface area contributed by atoms with Gasteiger partial charge in [0.25, 0.3) is 0 Å². The number of amides is 1. The average molecular weight is 281 g/mol. The molecule has 2 rings (SSSR count). The smallest absolute Gasteiger partial charge is 0.230 e. The van der Waals surface area contributed by atoms with E-state index in [1.54, 1.807) is 0 Å². The van der Waals surface area contributed by atoms with Crippen LogP contribution in [0.2, 0.25) is 0 Å². The van der Waals surface area contributed by atoms with Crippen LogP contribution in [-0.2, 0) is 4.79 Å². The highest BCUT2D eigenvalue weighted by Crippen LogP contribution is 2.40. The van der Waals surface area contributed by atoms with E-state index < -0.39 is 0 Å². The summed E-state index contributed by atoms with van der Waals surface area (Å²) >= 11 is 0. The Morgan fingerprint density at radius 3 is 2.20 bits per heavy atom. The van der Waals surface area contributed by atoms with Crippen LogP contribution in [0.25, 0.3) is 0 Å². The lowest BCUT2D eigenvalue weighted by Gasteiger charge is -2.37. The van der Waals surface area contributed by atoms with Crippen molar-refractivity contribution in [3.63, 3.8) is 0 Å². The summed E-state index contributed by atoms with van der Waals surface area (Å²) in [7, 11) is 4.15. The molecule has 0 radical (unpaired) electrons. The molecule has 0 atom stereocenters. The average Bonchev–Trinajstić information content (AvgIpc) is 3.10. The monoisotopic (exact) mass is 281 g/mol. The molecule has 20 heavy (non-hydrogen) atoms. The van der Waals surface area contributed by atoms with Gasteiger partial charge in [0.15, 0.2) is 0 Å². The van der Waals surface area contributed by atoms with Gasteiger partial charge in [0.2, 0.25) is 5.91 Å². The predicted octanol–water partition coefficient (Wildman–Crippen LogP) is 1.84. The second kappa shape index (κ2) is 6.90. The van der Waals surface area contributed by atoms with Crippen molar-refractivity contribution in [2.24, 2.45) is 11.1 Å². The van der Waals surface area contributed by atoms with Crippen molar-refractivity contribution in [2.75, 3.05) is 33.7 Å². The normalized spacial score (nSPS) is 22.6. The fourth-order valence-corrected chi connectivity index (χ4v) is 3.84. The molecule has 2 aliphatic rings. The fraction of sp³-hybridized carbons (Fsp3) is 0.938. The molecule has 0 aromatic rings. The van der Waals surface area contributed by atoms with Crippen molar-refractivity contribution < 1.29 is 4.79 Å². The van der Waals surface area contributed by atoms with E-state index >= 15 is 0 Å². The molecular formula is C16H31N3O. The van der Waals surface area contributed by atoms with Crippen LogP contribution in [0.3, 0.4) is 0 Å². The number of hydrogen-bond acceptors (Lipinski definition) is 3. The first-order valence-electron chi connectivity index (χ1n) is 8.25. The van der Waals surface area contributed by atoms with Crippen LogP contribution in [0.5, 0.6) is 0 Å². The molecule has 116 valence electrons. The summed E-state index contributed by atoms with van der Waals surface area (Å²) in [6, 6.07) is 0.464. The minimum atomic E-state index is -0.241. The van der Waals surface area contributed by atoms with E-state index in [0.717, 1.165) is 38.8 Å². The lowest BCUT2D eigenvalue weighted by Crippen LogP contribution is -2.51. The van der Waals surface area contributed by atoms with Gasteiger partial charge in [-0.3, -0.25) is 4.79 Å². The summed E-state index contributed by atoms with van der Waals surface area (Å²) in [4.78, 5) is 17.5. The number of carbonyl (C=O) groups excluding carboxylic acids is 1. The summed E-state index contributed by atoms with van der Waals surface area (Å²) in [5, 5.41) is 0. The van der Waals surface area contributed by atoms with Gasteiger partial charge in [0, 0.05) is 25.7 Å². The van der Waals surface area contributed by atoms with Crippen molar-refractivity contribution in [3.05, 3.63) is 0 Å². The van der Waals surface area contributed by atoms with Crippen molar-refractivity contribution in [1.82, 2.24) is 9.80 Å². The Kier molecular flexibility index (Phi) is 5.44. The molecule has 4 heteroatoms. The van der Waals surface area contributed by atoms with Crippen LogP contribution in [0, 0.1) is 5.41 Å². The first-order valence-corrected chi connectivity index (χ1v) is 8.25. The van der Waals surface area contributed by atoms with E-state index in [9.17, 15) is 4.79 Å². The molecule has 0 saturated heterocycles. The summed E-state index contributed by atoms with van der Waals surface area (Å²) in [6.45, 7) is 2.33. The highest BCUT2D eigenvalue weighted by molar-refractivity contribution is 5.83. The van der Waals surface area contributed by atoms with Crippen molar-refractivity contribution >= 4 is 5.91 Å². The fourth-order valence-electron chi connectivity index (χ4n) is 3.84. The lowest BCUT2D eigenvalue weighted by atomic mass is 9.84. The predicted molar refractivity (Wildman–Crippen MR) is 82.5 cm³/mol. The third-order valence-electron chi connectivity index (χ3n) is 5.22. The topological polar surface area (TPSA) is 49.6 Å². The lowest BCUT2D eigenvalue weighted by molar-refractivity contribution is -0.144. The molecule has 2 fully saturated rings. The molecule has 1 amide bonds. The molecular weight excluding hydrogens is 250 g/mol. The molecule has 0 spiro atoms. The van der Waals surface area contributed by atoms with Crippen LogP contribution < -0.4 is 5.73 Å². The van der Waals surface area contributed by atoms with Gasteiger partial charge in [0.1, 0.15) is 0 Å². The van der Waals surface area contributed by atoms with Crippen molar-refractivity contribution in [1.29, 1.82) is 0 Å². The number of nitrogens with two attached hydrogens (primary N) is 1. The molecule has 0 unspecified atom stereocenters. The van der Waals surface area contributed by atoms with E-state index in [1.807, 2.05) is 0 Å². The summed E-state index contributed by atoms with van der Waals surface area (Å²) in [5.41, 5.74) is 5.76. The molecule has 0 bridgehead atoms. The van der Waals surface area contributed by atoms with E-state index in [-0.39, 0.29) is 5.41 Å². The standard InChI is InChI=1S/C16H31N3O/c1-18(2)11-12-19(14-7-3-4-8-14)15(20)16(13-17)9-5-6-10-16/h14H,3-13,17H2,1-2H3. The highest BCUT2D eigenvalue weighted by Gasteiger charge is 2.44. The SMILES string of the molecule is CN(C)CCN(C(=O)C1(CN)CCCC1)C1CCCC1. The summed E-state index contributed by atoms with van der Waals surface area (Å²) in [5.74, 6) is 0.353. The molecule has 0 heterocycles. The first-order chi connectivity index (χ1) is 9.59. The second-order valence-electron chi connectivity index (χ2n) is 6.93. The maximum atomic E-state index is 13.1. The summed E-state index contributed by atoms with van der Waals surface area (Å²) < 4.78 is 0. The second-order valence-corrected chi connectivity index (χ2v) is 6.93. The van der Waals surface area contributed by atoms with Crippen LogP contribution in [0.1, 0.15) is 51.4 Å². The van der Waals surface area contributed by atoms with Crippen LogP contribution in [0.15, 0.2) is 0 Å². The third-order valence-corrected chi connectivity index (χ3v) is 5.22. The molecule has 2 saturated carbocycles. The zero-order valence-corrected chi connectivity index (χ0v) is 13.2. The number of nitrogens with zero attached hydrogens (tertiary/aromatic N) is 2. The number of hydrogen-bond donors (Lipinski definition) is 1. The van der Waals surface area contributed by atoms with Gasteiger partial charge in [0.05, 0.1) is 5.41 Å². The van der Waals surface area contributed by atoms with E-state index in [1.165, 1.54) is 25.7 Å². The Morgan fingerprint density at radius 2 is 1.70 bits per heavy atom. The highest BCUT2D eigenvalue weighted by atomic mass is 16.2. The Bertz CT molecular complexity index is 318. The van der Waals surface area contributed by atoms with Gasteiger partial charge < -0.3 is 15.5 Å². The Hall–Kier alpha value is -0.610. The molecule has 2 N–H and O–H groups in total. The van der Waals surface area contributed by atoms with Gasteiger partial charge in [-0.1, -0.05) is 25.7 Å². The quantitative estimate of drug-likeness (QED) is 0.808. The minimum absolute atomic E-state index is 0.241. The largest absolute Gasteiger partial charge is 0.338 e. The number of likely N-dealkylation sites (N-methyl/N-ethyl adjacent to an activating group) is 1. The molecule has 0 aromatic carbocycles. The van der Waals surface area contributed by atoms with Gasteiger partial charge in [-0.15, -0.1) is 0 Å². The van der Waals surface area contributed by atoms with Crippen LogP contribution >= 0.6 is 0 Å². The van der Waals surface area contributed by atoms with Gasteiger partial charge >= 0.3 is 0 Å². The Morgan fingerprint density at radius 1 is 1.10 bits per heavy atom. The third kappa shape index (κ3) is 3.34. The molecule has 2 aliphatic carbocycles. The minimum Gasteiger partial charge on any atom is -0.338 e. The Labute approximate surface area is 123 Å². The first kappa shape index (κ1) is 15.8. The summed E-state index contributed by atoms with van der Waals surface area (Å²) in [6.07, 6.45) is 9.21. The maximum absolute atomic E-state index is 13.1. The van der Waals surface area contributed by atoms with Crippen LogP contribution in [0.4, 0.5) is 0 Å². The zero-order valence-electron chi connectivity index (χ0n) is 13.2. The maximum Gasteiger partial charge on any atom is 0.230 e. The van der Waals surface area contributed by atoms with Crippen molar-refractivity contribution in [3.8, 4) is 0 Å². The number of carbonyl (C=O) groups is 1. The van der Waals surface area contributed by atoms with E-state index in [0.29, 0.717) is 18.5 Å². The number of rotatable bonds is 6. The van der Waals surface area contributed by atoms with Gasteiger partial charge in [-0.05, 0) is 39.8 Å². The Balaban J connectivity index is 2.09. The van der Waals surface area contributed by atoms with Crippen LogP contribution in [-0.4, -0.2) is 55.5 Å². The molecule has 0 aromatic heterocycles. The molecule has 4 nitrogen and oxygen atoms in total. The van der Waals surface area contributed by atoms with Crippen molar-refractivity contribution in [2.45, 2.75) is 57.4 Å².